The van der Waals surface area contributed by atoms with Crippen molar-refractivity contribution in [3.8, 4) is 17.6 Å². The van der Waals surface area contributed by atoms with Gasteiger partial charge in [-0.05, 0) is 41.3 Å². The third-order valence-corrected chi connectivity index (χ3v) is 3.31. The quantitative estimate of drug-likeness (QED) is 0.822. The summed E-state index contributed by atoms with van der Waals surface area (Å²) in [5.74, 6) is 1.90. The largest absolute Gasteiger partial charge is 0.495 e. The Morgan fingerprint density at radius 1 is 1.14 bits per heavy atom. The fourth-order valence-electron chi connectivity index (χ4n) is 2.06. The van der Waals surface area contributed by atoms with Gasteiger partial charge in [0.2, 0.25) is 0 Å². The number of rotatable bonds is 5. The van der Waals surface area contributed by atoms with Crippen LogP contribution in [0.5, 0.6) is 11.5 Å². The van der Waals surface area contributed by atoms with E-state index in [0.717, 1.165) is 11.3 Å². The first-order chi connectivity index (χ1) is 10.1. The van der Waals surface area contributed by atoms with Crippen LogP contribution in [0.1, 0.15) is 36.5 Å². The van der Waals surface area contributed by atoms with Crippen molar-refractivity contribution in [3.05, 3.63) is 59.2 Å². The van der Waals surface area contributed by atoms with Gasteiger partial charge in [-0.15, -0.1) is 0 Å². The molecule has 0 unspecified atom stereocenters. The van der Waals surface area contributed by atoms with E-state index in [4.69, 9.17) is 14.7 Å². The molecule has 21 heavy (non-hydrogen) atoms. The lowest BCUT2D eigenvalue weighted by atomic mass is 10.0. The number of hydrogen-bond donors (Lipinski definition) is 0. The average molecular weight is 281 g/mol. The molecule has 0 aromatic heterocycles. The van der Waals surface area contributed by atoms with E-state index in [1.54, 1.807) is 19.2 Å². The summed E-state index contributed by atoms with van der Waals surface area (Å²) in [5, 5.41) is 9.09. The molecule has 0 aliphatic heterocycles. The summed E-state index contributed by atoms with van der Waals surface area (Å²) in [4.78, 5) is 0. The highest BCUT2D eigenvalue weighted by Crippen LogP contribution is 2.22. The van der Waals surface area contributed by atoms with Gasteiger partial charge in [0.25, 0.3) is 0 Å². The van der Waals surface area contributed by atoms with Gasteiger partial charge in [-0.3, -0.25) is 0 Å². The molecule has 0 saturated carbocycles. The van der Waals surface area contributed by atoms with E-state index < -0.39 is 0 Å². The number of benzene rings is 2. The molecule has 0 amide bonds. The SMILES string of the molecule is COc1ccc(COc2cccc(C(C)C)c2)cc1C#N. The Labute approximate surface area is 125 Å². The minimum Gasteiger partial charge on any atom is -0.495 e. The third-order valence-electron chi connectivity index (χ3n) is 3.31. The summed E-state index contributed by atoms with van der Waals surface area (Å²) >= 11 is 0. The second-order valence-electron chi connectivity index (χ2n) is 5.16. The molecule has 0 saturated heterocycles. The first kappa shape index (κ1) is 14.9. The van der Waals surface area contributed by atoms with Crippen LogP contribution < -0.4 is 9.47 Å². The van der Waals surface area contributed by atoms with Crippen molar-refractivity contribution in [2.75, 3.05) is 7.11 Å². The molecule has 3 nitrogen and oxygen atoms in total. The van der Waals surface area contributed by atoms with Crippen LogP contribution in [0.3, 0.4) is 0 Å². The first-order valence-electron chi connectivity index (χ1n) is 6.94. The molecule has 0 fully saturated rings. The highest BCUT2D eigenvalue weighted by atomic mass is 16.5. The molecule has 0 atom stereocenters. The van der Waals surface area contributed by atoms with Crippen LogP contribution in [0.15, 0.2) is 42.5 Å². The summed E-state index contributed by atoms with van der Waals surface area (Å²) in [5.41, 5.74) is 2.72. The monoisotopic (exact) mass is 281 g/mol. The van der Waals surface area contributed by atoms with Gasteiger partial charge in [0, 0.05) is 0 Å². The van der Waals surface area contributed by atoms with Crippen molar-refractivity contribution in [1.29, 1.82) is 5.26 Å². The van der Waals surface area contributed by atoms with Crippen LogP contribution in [0.4, 0.5) is 0 Å². The molecule has 0 N–H and O–H groups in total. The minimum atomic E-state index is 0.431. The molecule has 0 heterocycles. The Morgan fingerprint density at radius 3 is 2.62 bits per heavy atom. The van der Waals surface area contributed by atoms with Crippen molar-refractivity contribution in [2.45, 2.75) is 26.4 Å². The van der Waals surface area contributed by atoms with Crippen molar-refractivity contribution in [3.63, 3.8) is 0 Å². The van der Waals surface area contributed by atoms with E-state index in [0.29, 0.717) is 23.8 Å². The van der Waals surface area contributed by atoms with Crippen LogP contribution in [0.2, 0.25) is 0 Å². The summed E-state index contributed by atoms with van der Waals surface area (Å²) in [6.45, 7) is 4.74. The van der Waals surface area contributed by atoms with E-state index >= 15 is 0 Å². The Bertz CT molecular complexity index is 657. The molecule has 0 spiro atoms. The van der Waals surface area contributed by atoms with Gasteiger partial charge in [0.1, 0.15) is 24.2 Å². The van der Waals surface area contributed by atoms with Crippen molar-refractivity contribution in [1.82, 2.24) is 0 Å². The van der Waals surface area contributed by atoms with Crippen LogP contribution in [0.25, 0.3) is 0 Å². The zero-order chi connectivity index (χ0) is 15.2. The second-order valence-corrected chi connectivity index (χ2v) is 5.16. The summed E-state index contributed by atoms with van der Waals surface area (Å²) in [7, 11) is 1.56. The van der Waals surface area contributed by atoms with E-state index in [1.807, 2.05) is 18.2 Å². The standard InChI is InChI=1S/C18H19NO2/c1-13(2)15-5-4-6-17(10-15)21-12-14-7-8-18(20-3)16(9-14)11-19/h4-10,13H,12H2,1-3H3. The fourth-order valence-corrected chi connectivity index (χ4v) is 2.06. The molecule has 3 heteroatoms. The van der Waals surface area contributed by atoms with Gasteiger partial charge in [-0.1, -0.05) is 32.0 Å². The molecule has 2 rings (SSSR count). The molecular weight excluding hydrogens is 262 g/mol. The van der Waals surface area contributed by atoms with E-state index in [2.05, 4.69) is 32.0 Å². The van der Waals surface area contributed by atoms with Gasteiger partial charge in [0.15, 0.2) is 0 Å². The summed E-state index contributed by atoms with van der Waals surface area (Å²) in [6, 6.07) is 15.7. The normalized spacial score (nSPS) is 10.2. The third kappa shape index (κ3) is 3.76. The highest BCUT2D eigenvalue weighted by Gasteiger charge is 2.05. The maximum atomic E-state index is 9.09. The molecule has 0 bridgehead atoms. The fraction of sp³-hybridized carbons (Fsp3) is 0.278. The van der Waals surface area contributed by atoms with Crippen LogP contribution in [0, 0.1) is 11.3 Å². The number of hydrogen-bond acceptors (Lipinski definition) is 3. The zero-order valence-electron chi connectivity index (χ0n) is 12.6. The topological polar surface area (TPSA) is 42.2 Å². The zero-order valence-corrected chi connectivity index (χ0v) is 12.6. The Kier molecular flexibility index (Phi) is 4.84. The molecule has 2 aromatic rings. The van der Waals surface area contributed by atoms with Gasteiger partial charge in [-0.2, -0.15) is 5.26 Å². The van der Waals surface area contributed by atoms with Crippen LogP contribution >= 0.6 is 0 Å². The Morgan fingerprint density at radius 2 is 1.95 bits per heavy atom. The Hall–Kier alpha value is -2.47. The van der Waals surface area contributed by atoms with Crippen LogP contribution in [-0.2, 0) is 6.61 Å². The van der Waals surface area contributed by atoms with Crippen molar-refractivity contribution in [2.24, 2.45) is 0 Å². The summed E-state index contributed by atoms with van der Waals surface area (Å²) < 4.78 is 10.9. The second kappa shape index (κ2) is 6.81. The van der Waals surface area contributed by atoms with Crippen LogP contribution in [-0.4, -0.2) is 7.11 Å². The molecule has 0 aliphatic rings. The number of methoxy groups -OCH3 is 1. The highest BCUT2D eigenvalue weighted by molar-refractivity contribution is 5.45. The average Bonchev–Trinajstić information content (AvgIpc) is 2.52. The van der Waals surface area contributed by atoms with E-state index in [1.165, 1.54) is 5.56 Å². The van der Waals surface area contributed by atoms with Crippen molar-refractivity contribution >= 4 is 0 Å². The van der Waals surface area contributed by atoms with Gasteiger partial charge >= 0.3 is 0 Å². The molecule has 0 aliphatic carbocycles. The molecule has 2 aromatic carbocycles. The number of ether oxygens (including phenoxy) is 2. The number of nitriles is 1. The molecular formula is C18H19NO2. The van der Waals surface area contributed by atoms with E-state index in [-0.39, 0.29) is 0 Å². The van der Waals surface area contributed by atoms with Gasteiger partial charge in [0.05, 0.1) is 12.7 Å². The summed E-state index contributed by atoms with van der Waals surface area (Å²) in [6.07, 6.45) is 0. The molecule has 0 radical (unpaired) electrons. The van der Waals surface area contributed by atoms with Crippen molar-refractivity contribution < 1.29 is 9.47 Å². The smallest absolute Gasteiger partial charge is 0.136 e. The maximum absolute atomic E-state index is 9.09. The predicted octanol–water partition coefficient (Wildman–Crippen LogP) is 4.27. The van der Waals surface area contributed by atoms with E-state index in [9.17, 15) is 0 Å². The lowest BCUT2D eigenvalue weighted by molar-refractivity contribution is 0.305. The lowest BCUT2D eigenvalue weighted by Crippen LogP contribution is -1.98. The molecule has 108 valence electrons. The lowest BCUT2D eigenvalue weighted by Gasteiger charge is -2.11. The minimum absolute atomic E-state index is 0.431. The van der Waals surface area contributed by atoms with Gasteiger partial charge in [-0.25, -0.2) is 0 Å². The maximum Gasteiger partial charge on any atom is 0.136 e. The predicted molar refractivity (Wildman–Crippen MR) is 82.6 cm³/mol. The first-order valence-corrected chi connectivity index (χ1v) is 6.94. The number of nitrogens with zero attached hydrogens (tertiary/aromatic N) is 1. The Balaban J connectivity index is 2.10. The van der Waals surface area contributed by atoms with Gasteiger partial charge < -0.3 is 9.47 Å².